The molecule has 13 heavy (non-hydrogen) atoms. The van der Waals surface area contributed by atoms with E-state index < -0.39 is 0 Å². The first kappa shape index (κ1) is 8.26. The molecule has 2 nitrogen and oxygen atoms in total. The normalized spacial score (nSPS) is 10.9. The minimum Gasteiger partial charge on any atom is -0.364 e. The van der Waals surface area contributed by atoms with Gasteiger partial charge in [-0.2, -0.15) is 0 Å². The minimum absolute atomic E-state index is 0.206. The zero-order chi connectivity index (χ0) is 9.26. The van der Waals surface area contributed by atoms with E-state index in [0.29, 0.717) is 6.73 Å². The van der Waals surface area contributed by atoms with Crippen LogP contribution in [0, 0.1) is 5.82 Å². The van der Waals surface area contributed by atoms with Crippen LogP contribution in [0.2, 0.25) is 0 Å². The highest BCUT2D eigenvalue weighted by Gasteiger charge is 2.00. The van der Waals surface area contributed by atoms with Crippen molar-refractivity contribution in [1.82, 2.24) is 4.57 Å². The van der Waals surface area contributed by atoms with Gasteiger partial charge in [-0.3, -0.25) is 0 Å². The lowest BCUT2D eigenvalue weighted by molar-refractivity contribution is 0.135. The van der Waals surface area contributed by atoms with Crippen molar-refractivity contribution in [1.29, 1.82) is 0 Å². The summed E-state index contributed by atoms with van der Waals surface area (Å²) in [5.74, 6) is -0.206. The van der Waals surface area contributed by atoms with E-state index in [9.17, 15) is 4.39 Å². The van der Waals surface area contributed by atoms with Crippen LogP contribution in [0.4, 0.5) is 4.39 Å². The molecule has 0 saturated carbocycles. The lowest BCUT2D eigenvalue weighted by Gasteiger charge is -2.02. The van der Waals surface area contributed by atoms with E-state index in [1.165, 1.54) is 12.1 Å². The van der Waals surface area contributed by atoms with E-state index in [-0.39, 0.29) is 5.82 Å². The number of ether oxygens (including phenoxy) is 1. The molecule has 0 aliphatic heterocycles. The standard InChI is InChI=1S/C10H10FNO/c1-13-7-12-5-4-8-6-9(11)2-3-10(8)12/h2-6H,7H2,1H3. The van der Waals surface area contributed by atoms with Gasteiger partial charge >= 0.3 is 0 Å². The number of methoxy groups -OCH3 is 1. The summed E-state index contributed by atoms with van der Waals surface area (Å²) >= 11 is 0. The summed E-state index contributed by atoms with van der Waals surface area (Å²) in [7, 11) is 1.63. The van der Waals surface area contributed by atoms with Crippen molar-refractivity contribution < 1.29 is 9.13 Å². The topological polar surface area (TPSA) is 14.2 Å². The lowest BCUT2D eigenvalue weighted by atomic mass is 10.2. The molecule has 0 spiro atoms. The van der Waals surface area contributed by atoms with Crippen molar-refractivity contribution in [3.05, 3.63) is 36.3 Å². The van der Waals surface area contributed by atoms with Gasteiger partial charge in [0.2, 0.25) is 0 Å². The number of hydrogen-bond acceptors (Lipinski definition) is 1. The van der Waals surface area contributed by atoms with Crippen molar-refractivity contribution in [2.24, 2.45) is 0 Å². The predicted octanol–water partition coefficient (Wildman–Crippen LogP) is 2.38. The minimum atomic E-state index is -0.206. The molecule has 1 aromatic heterocycles. The van der Waals surface area contributed by atoms with Crippen LogP contribution in [0.3, 0.4) is 0 Å². The fourth-order valence-corrected chi connectivity index (χ4v) is 1.42. The Kier molecular flexibility index (Phi) is 2.02. The summed E-state index contributed by atoms with van der Waals surface area (Å²) < 4.78 is 19.7. The van der Waals surface area contributed by atoms with Crippen LogP contribution in [0.15, 0.2) is 30.5 Å². The molecule has 0 radical (unpaired) electrons. The van der Waals surface area contributed by atoms with Crippen LogP contribution < -0.4 is 0 Å². The monoisotopic (exact) mass is 179 g/mol. The molecule has 0 amide bonds. The van der Waals surface area contributed by atoms with E-state index in [2.05, 4.69) is 0 Å². The second-order valence-corrected chi connectivity index (χ2v) is 2.91. The fourth-order valence-electron chi connectivity index (χ4n) is 1.42. The summed E-state index contributed by atoms with van der Waals surface area (Å²) in [4.78, 5) is 0. The first-order valence-corrected chi connectivity index (χ1v) is 4.04. The molecule has 0 N–H and O–H groups in total. The molecule has 1 aromatic carbocycles. The Balaban J connectivity index is 2.55. The summed E-state index contributed by atoms with van der Waals surface area (Å²) in [6, 6.07) is 6.59. The maximum absolute atomic E-state index is 12.8. The van der Waals surface area contributed by atoms with Crippen molar-refractivity contribution in [3.63, 3.8) is 0 Å². The Morgan fingerprint density at radius 2 is 2.23 bits per heavy atom. The predicted molar refractivity (Wildman–Crippen MR) is 48.9 cm³/mol. The van der Waals surface area contributed by atoms with Crippen molar-refractivity contribution in [2.75, 3.05) is 7.11 Å². The third kappa shape index (κ3) is 1.42. The summed E-state index contributed by atoms with van der Waals surface area (Å²) in [5.41, 5.74) is 0.989. The number of nitrogens with zero attached hydrogens (tertiary/aromatic N) is 1. The molecular weight excluding hydrogens is 169 g/mol. The molecule has 3 heteroatoms. The lowest BCUT2D eigenvalue weighted by Crippen LogP contribution is -1.96. The Hall–Kier alpha value is -1.35. The van der Waals surface area contributed by atoms with Crippen LogP contribution in [0.25, 0.3) is 10.9 Å². The molecule has 1 heterocycles. The Morgan fingerprint density at radius 3 is 3.00 bits per heavy atom. The number of hydrogen-bond donors (Lipinski definition) is 0. The van der Waals surface area contributed by atoms with Gasteiger partial charge in [-0.1, -0.05) is 0 Å². The van der Waals surface area contributed by atoms with E-state index >= 15 is 0 Å². The molecule has 2 rings (SSSR count). The van der Waals surface area contributed by atoms with Crippen molar-refractivity contribution in [3.8, 4) is 0 Å². The molecule has 0 atom stereocenters. The Morgan fingerprint density at radius 1 is 1.38 bits per heavy atom. The molecule has 0 aliphatic carbocycles. The Bertz CT molecular complexity index is 422. The molecule has 0 aliphatic rings. The summed E-state index contributed by atoms with van der Waals surface area (Å²) in [6.45, 7) is 0.495. The first-order chi connectivity index (χ1) is 6.31. The number of fused-ring (bicyclic) bond motifs is 1. The number of benzene rings is 1. The third-order valence-corrected chi connectivity index (χ3v) is 2.00. The SMILES string of the molecule is COCn1ccc2cc(F)ccc21. The average molecular weight is 179 g/mol. The second-order valence-electron chi connectivity index (χ2n) is 2.91. The maximum Gasteiger partial charge on any atom is 0.123 e. The van der Waals surface area contributed by atoms with E-state index in [1.807, 2.05) is 16.8 Å². The highest BCUT2D eigenvalue weighted by atomic mass is 19.1. The molecule has 0 unspecified atom stereocenters. The van der Waals surface area contributed by atoms with Gasteiger partial charge in [-0.15, -0.1) is 0 Å². The van der Waals surface area contributed by atoms with Gasteiger partial charge in [0, 0.05) is 18.7 Å². The molecular formula is C10H10FNO. The third-order valence-electron chi connectivity index (χ3n) is 2.00. The largest absolute Gasteiger partial charge is 0.364 e. The fraction of sp³-hybridized carbons (Fsp3) is 0.200. The van der Waals surface area contributed by atoms with Crippen molar-refractivity contribution >= 4 is 10.9 Å². The molecule has 2 aromatic rings. The van der Waals surface area contributed by atoms with Gasteiger partial charge in [-0.05, 0) is 24.3 Å². The Labute approximate surface area is 75.5 Å². The van der Waals surface area contributed by atoms with Crippen LogP contribution in [0.5, 0.6) is 0 Å². The number of rotatable bonds is 2. The van der Waals surface area contributed by atoms with Gasteiger partial charge in [-0.25, -0.2) is 4.39 Å². The van der Waals surface area contributed by atoms with Crippen LogP contribution >= 0.6 is 0 Å². The highest BCUT2D eigenvalue weighted by molar-refractivity contribution is 5.80. The van der Waals surface area contributed by atoms with Gasteiger partial charge in [0.15, 0.2) is 0 Å². The highest BCUT2D eigenvalue weighted by Crippen LogP contribution is 2.16. The zero-order valence-electron chi connectivity index (χ0n) is 7.33. The maximum atomic E-state index is 12.8. The first-order valence-electron chi connectivity index (χ1n) is 4.04. The van der Waals surface area contributed by atoms with E-state index in [0.717, 1.165) is 10.9 Å². The average Bonchev–Trinajstić information content (AvgIpc) is 2.49. The molecule has 0 bridgehead atoms. The number of halogens is 1. The summed E-state index contributed by atoms with van der Waals surface area (Å²) in [6.07, 6.45) is 1.88. The second kappa shape index (κ2) is 3.18. The summed E-state index contributed by atoms with van der Waals surface area (Å²) in [5, 5.41) is 0.900. The van der Waals surface area contributed by atoms with Crippen molar-refractivity contribution in [2.45, 2.75) is 6.73 Å². The van der Waals surface area contributed by atoms with Crippen LogP contribution in [0.1, 0.15) is 0 Å². The van der Waals surface area contributed by atoms with E-state index in [4.69, 9.17) is 4.74 Å². The van der Waals surface area contributed by atoms with Gasteiger partial charge in [0.25, 0.3) is 0 Å². The van der Waals surface area contributed by atoms with Crippen LogP contribution in [-0.2, 0) is 11.5 Å². The van der Waals surface area contributed by atoms with Gasteiger partial charge in [0.1, 0.15) is 12.5 Å². The molecule has 0 saturated heterocycles. The van der Waals surface area contributed by atoms with Gasteiger partial charge < -0.3 is 9.30 Å². The van der Waals surface area contributed by atoms with Crippen LogP contribution in [-0.4, -0.2) is 11.7 Å². The smallest absolute Gasteiger partial charge is 0.123 e. The molecule has 68 valence electrons. The zero-order valence-corrected chi connectivity index (χ0v) is 7.33. The van der Waals surface area contributed by atoms with Gasteiger partial charge in [0.05, 0.1) is 5.52 Å². The molecule has 0 fully saturated rings. The van der Waals surface area contributed by atoms with E-state index in [1.54, 1.807) is 13.2 Å². The number of aromatic nitrogens is 1. The quantitative estimate of drug-likeness (QED) is 0.690.